The third kappa shape index (κ3) is 4.18. The molecule has 0 fully saturated rings. The van der Waals surface area contributed by atoms with Gasteiger partial charge in [0.1, 0.15) is 5.52 Å². The van der Waals surface area contributed by atoms with E-state index < -0.39 is 0 Å². The molecule has 0 unspecified atom stereocenters. The summed E-state index contributed by atoms with van der Waals surface area (Å²) in [6, 6.07) is 24.9. The number of hydrogen-bond donors (Lipinski definition) is 2. The Morgan fingerprint density at radius 2 is 1.54 bits per heavy atom. The van der Waals surface area contributed by atoms with E-state index in [9.17, 15) is 0 Å². The first-order chi connectivity index (χ1) is 13.7. The van der Waals surface area contributed by atoms with Gasteiger partial charge in [0.05, 0.1) is 5.71 Å². The van der Waals surface area contributed by atoms with Crippen LogP contribution in [0.2, 0.25) is 0 Å². The monoisotopic (exact) mass is 369 g/mol. The van der Waals surface area contributed by atoms with Gasteiger partial charge in [0, 0.05) is 16.8 Å². The van der Waals surface area contributed by atoms with Crippen molar-refractivity contribution in [3.8, 4) is 11.5 Å². The third-order valence-corrected chi connectivity index (χ3v) is 4.13. The van der Waals surface area contributed by atoms with E-state index in [2.05, 4.69) is 4.98 Å². The van der Waals surface area contributed by atoms with Gasteiger partial charge < -0.3 is 15.6 Å². The zero-order chi connectivity index (χ0) is 19.9. The quantitative estimate of drug-likeness (QED) is 0.440. The Balaban J connectivity index is 0.00000109. The molecule has 4 aromatic rings. The Kier molecular flexibility index (Phi) is 6.02. The number of hydrogen-bond acceptors (Lipinski definition) is 4. The molecule has 0 aliphatic carbocycles. The number of oxazole rings is 1. The van der Waals surface area contributed by atoms with Crippen molar-refractivity contribution in [2.24, 2.45) is 5.73 Å². The lowest BCUT2D eigenvalue weighted by Crippen LogP contribution is -2.02. The minimum absolute atomic E-state index is 0.325. The van der Waals surface area contributed by atoms with Crippen LogP contribution in [0.25, 0.3) is 28.3 Å². The molecule has 4 rings (SSSR count). The topological polar surface area (TPSA) is 75.9 Å². The first-order valence-electron chi connectivity index (χ1n) is 9.28. The van der Waals surface area contributed by atoms with Gasteiger partial charge in [0.2, 0.25) is 5.89 Å². The van der Waals surface area contributed by atoms with Crippen LogP contribution in [0.5, 0.6) is 0 Å². The maximum Gasteiger partial charge on any atom is 0.227 e. The van der Waals surface area contributed by atoms with Crippen molar-refractivity contribution < 1.29 is 4.42 Å². The molecule has 0 atom stereocenters. The predicted molar refractivity (Wildman–Crippen MR) is 116 cm³/mol. The largest absolute Gasteiger partial charge is 0.436 e. The van der Waals surface area contributed by atoms with Gasteiger partial charge in [-0.05, 0) is 35.9 Å². The molecule has 0 radical (unpaired) electrons. The highest BCUT2D eigenvalue weighted by molar-refractivity contribution is 6.11. The highest BCUT2D eigenvalue weighted by atomic mass is 16.3. The summed E-state index contributed by atoms with van der Waals surface area (Å²) in [4.78, 5) is 4.51. The third-order valence-electron chi connectivity index (χ3n) is 4.13. The van der Waals surface area contributed by atoms with E-state index in [-0.39, 0.29) is 0 Å². The zero-order valence-electron chi connectivity index (χ0n) is 16.0. The molecule has 3 aromatic carbocycles. The average Bonchev–Trinajstić information content (AvgIpc) is 3.20. The first kappa shape index (κ1) is 19.1. The van der Waals surface area contributed by atoms with Crippen molar-refractivity contribution in [2.75, 3.05) is 0 Å². The maximum absolute atomic E-state index is 8.34. The number of aromatic nitrogens is 1. The van der Waals surface area contributed by atoms with Crippen LogP contribution in [-0.4, -0.2) is 10.7 Å². The molecule has 140 valence electrons. The number of rotatable bonds is 4. The number of allylic oxidation sites excluding steroid dienone is 1. The lowest BCUT2D eigenvalue weighted by Gasteiger charge is -2.03. The van der Waals surface area contributed by atoms with Gasteiger partial charge in [-0.25, -0.2) is 4.98 Å². The minimum Gasteiger partial charge on any atom is -0.436 e. The molecular weight excluding hydrogens is 346 g/mol. The van der Waals surface area contributed by atoms with Crippen LogP contribution in [0.1, 0.15) is 25.0 Å². The summed E-state index contributed by atoms with van der Waals surface area (Å²) in [6.45, 7) is 4.00. The smallest absolute Gasteiger partial charge is 0.227 e. The van der Waals surface area contributed by atoms with Crippen molar-refractivity contribution in [2.45, 2.75) is 13.8 Å². The van der Waals surface area contributed by atoms with Gasteiger partial charge in [0.25, 0.3) is 0 Å². The summed E-state index contributed by atoms with van der Waals surface area (Å²) in [6.07, 6.45) is 1.66. The average molecular weight is 369 g/mol. The van der Waals surface area contributed by atoms with Crippen molar-refractivity contribution in [3.63, 3.8) is 0 Å². The molecule has 0 amide bonds. The van der Waals surface area contributed by atoms with Crippen molar-refractivity contribution >= 4 is 22.5 Å². The lowest BCUT2D eigenvalue weighted by atomic mass is 10.1. The summed E-state index contributed by atoms with van der Waals surface area (Å²) in [7, 11) is 0. The summed E-state index contributed by atoms with van der Waals surface area (Å²) < 4.78 is 5.87. The van der Waals surface area contributed by atoms with Gasteiger partial charge in [0.15, 0.2) is 5.58 Å². The first-order valence-corrected chi connectivity index (χ1v) is 9.28. The van der Waals surface area contributed by atoms with Gasteiger partial charge in [-0.2, -0.15) is 0 Å². The molecule has 0 spiro atoms. The predicted octanol–water partition coefficient (Wildman–Crippen LogP) is 5.89. The zero-order valence-corrected chi connectivity index (χ0v) is 16.0. The van der Waals surface area contributed by atoms with Crippen molar-refractivity contribution in [1.29, 1.82) is 5.41 Å². The van der Waals surface area contributed by atoms with E-state index >= 15 is 0 Å². The fraction of sp³-hybridized carbons (Fsp3) is 0.0833. The van der Waals surface area contributed by atoms with Crippen LogP contribution in [0.15, 0.2) is 89.4 Å². The summed E-state index contributed by atoms with van der Waals surface area (Å²) in [5.41, 5.74) is 11.0. The number of fused-ring (bicyclic) bond motifs is 1. The number of benzene rings is 3. The van der Waals surface area contributed by atoms with Gasteiger partial charge >= 0.3 is 0 Å². The molecule has 0 aliphatic rings. The van der Waals surface area contributed by atoms with Crippen LogP contribution in [-0.2, 0) is 0 Å². The second-order valence-electron chi connectivity index (χ2n) is 5.95. The Morgan fingerprint density at radius 1 is 0.893 bits per heavy atom. The van der Waals surface area contributed by atoms with E-state index in [0.717, 1.165) is 22.2 Å². The van der Waals surface area contributed by atoms with E-state index in [1.807, 2.05) is 92.7 Å². The van der Waals surface area contributed by atoms with Gasteiger partial charge in [-0.3, -0.25) is 0 Å². The molecule has 4 nitrogen and oxygen atoms in total. The second kappa shape index (κ2) is 8.82. The van der Waals surface area contributed by atoms with E-state index in [0.29, 0.717) is 22.9 Å². The Morgan fingerprint density at radius 3 is 2.21 bits per heavy atom. The molecule has 28 heavy (non-hydrogen) atoms. The van der Waals surface area contributed by atoms with E-state index in [1.165, 1.54) is 0 Å². The maximum atomic E-state index is 8.34. The number of nitrogens with two attached hydrogens (primary N) is 1. The van der Waals surface area contributed by atoms with Gasteiger partial charge in [-0.1, -0.05) is 68.4 Å². The van der Waals surface area contributed by atoms with E-state index in [4.69, 9.17) is 15.6 Å². The van der Waals surface area contributed by atoms with Gasteiger partial charge in [-0.15, -0.1) is 0 Å². The summed E-state index contributed by atoms with van der Waals surface area (Å²) in [5, 5.41) is 8.34. The molecule has 0 saturated heterocycles. The van der Waals surface area contributed by atoms with Crippen LogP contribution < -0.4 is 5.73 Å². The fourth-order valence-electron chi connectivity index (χ4n) is 2.75. The van der Waals surface area contributed by atoms with Crippen LogP contribution >= 0.6 is 0 Å². The van der Waals surface area contributed by atoms with E-state index in [1.54, 1.807) is 6.08 Å². The lowest BCUT2D eigenvalue weighted by molar-refractivity contribution is 0.620. The molecule has 0 bridgehead atoms. The molecule has 3 N–H and O–H groups in total. The van der Waals surface area contributed by atoms with Crippen LogP contribution in [0.4, 0.5) is 0 Å². The van der Waals surface area contributed by atoms with Crippen LogP contribution in [0.3, 0.4) is 0 Å². The Bertz CT molecular complexity index is 1100. The molecule has 1 heterocycles. The fourth-order valence-corrected chi connectivity index (χ4v) is 2.75. The van der Waals surface area contributed by atoms with Crippen LogP contribution in [0, 0.1) is 5.41 Å². The van der Waals surface area contributed by atoms with Crippen molar-refractivity contribution in [3.05, 3.63) is 96.1 Å². The highest BCUT2D eigenvalue weighted by Gasteiger charge is 2.10. The second-order valence-corrected chi connectivity index (χ2v) is 5.95. The molecular formula is C24H23N3O. The minimum atomic E-state index is 0.325. The standard InChI is InChI=1S/C22H17N3O.C2H6/c23-18(15-7-3-1-4-8-15)14-19(24)17-11-12-20-21(13-17)26-22(25-20)16-9-5-2-6-10-16;1-2/h1-14,24H,23H2;1-2H3/b18-14-,24-19?;. The summed E-state index contributed by atoms with van der Waals surface area (Å²) >= 11 is 0. The Labute approximate surface area is 164 Å². The molecule has 1 aromatic heterocycles. The summed E-state index contributed by atoms with van der Waals surface area (Å²) in [5.74, 6) is 0.573. The molecule has 4 heteroatoms. The highest BCUT2D eigenvalue weighted by Crippen LogP contribution is 2.25. The molecule has 0 saturated carbocycles. The number of nitrogens with zero attached hydrogens (tertiary/aromatic N) is 1. The normalized spacial score (nSPS) is 11.0. The van der Waals surface area contributed by atoms with Crippen molar-refractivity contribution in [1.82, 2.24) is 4.98 Å². The number of nitrogens with one attached hydrogen (secondary N) is 1. The molecule has 0 aliphatic heterocycles. The SMILES string of the molecule is CC.N=C(/C=C(\N)c1ccccc1)c1ccc2nc(-c3ccccc3)oc2c1. The Hall–Kier alpha value is -3.66.